The van der Waals surface area contributed by atoms with Crippen LogP contribution in [-0.4, -0.2) is 36.0 Å². The number of nitrogens with one attached hydrogen (secondary N) is 1. The average molecular weight is 532 g/mol. The molecule has 2 heterocycles. The van der Waals surface area contributed by atoms with Gasteiger partial charge in [-0.2, -0.15) is 0 Å². The lowest BCUT2D eigenvalue weighted by Crippen LogP contribution is -2.61. The molecule has 1 aliphatic heterocycles. The largest absolute Gasteiger partial charge is 0.493 e. The Labute approximate surface area is 204 Å². The summed E-state index contributed by atoms with van der Waals surface area (Å²) >= 11 is 4.97. The van der Waals surface area contributed by atoms with Gasteiger partial charge in [0.05, 0.1) is 30.5 Å². The summed E-state index contributed by atoms with van der Waals surface area (Å²) in [5.74, 6) is 1.00. The SMILES string of the molecule is CCOc1cc(C2N(C(=O)CC)c3ccccc3-c3c(=O)[nH]c(SC)n[n+]32)c(Br)cc1OC. The van der Waals surface area contributed by atoms with Gasteiger partial charge in [-0.25, -0.2) is 4.90 Å². The van der Waals surface area contributed by atoms with Crippen LogP contribution in [-0.2, 0) is 4.79 Å². The predicted octanol–water partition coefficient (Wildman–Crippen LogP) is 3.92. The van der Waals surface area contributed by atoms with E-state index in [4.69, 9.17) is 14.6 Å². The first kappa shape index (κ1) is 23.3. The molecule has 10 heteroatoms. The van der Waals surface area contributed by atoms with Crippen LogP contribution in [0.25, 0.3) is 11.3 Å². The van der Waals surface area contributed by atoms with Crippen molar-refractivity contribution in [2.24, 2.45) is 0 Å². The lowest BCUT2D eigenvalue weighted by molar-refractivity contribution is -0.763. The number of aromatic amines is 1. The zero-order valence-corrected chi connectivity index (χ0v) is 21.1. The molecule has 3 aromatic rings. The number of hydrogen-bond donors (Lipinski definition) is 1. The molecule has 8 nitrogen and oxygen atoms in total. The van der Waals surface area contributed by atoms with Gasteiger partial charge < -0.3 is 9.47 Å². The third kappa shape index (κ3) is 4.02. The molecule has 1 amide bonds. The Bertz CT molecular complexity index is 1280. The maximum Gasteiger partial charge on any atom is 0.325 e. The number of methoxy groups -OCH3 is 1. The first-order valence-corrected chi connectivity index (χ1v) is 12.5. The molecule has 33 heavy (non-hydrogen) atoms. The number of halogens is 1. The summed E-state index contributed by atoms with van der Waals surface area (Å²) in [5, 5.41) is 5.16. The van der Waals surface area contributed by atoms with Crippen molar-refractivity contribution in [2.45, 2.75) is 31.6 Å². The van der Waals surface area contributed by atoms with Gasteiger partial charge in [0, 0.05) is 16.0 Å². The number of benzene rings is 2. The van der Waals surface area contributed by atoms with E-state index in [0.717, 1.165) is 0 Å². The summed E-state index contributed by atoms with van der Waals surface area (Å²) in [6, 6.07) is 11.0. The fourth-order valence-electron chi connectivity index (χ4n) is 3.96. The summed E-state index contributed by atoms with van der Waals surface area (Å²) in [4.78, 5) is 31.1. The van der Waals surface area contributed by atoms with E-state index in [2.05, 4.69) is 20.9 Å². The highest BCUT2D eigenvalue weighted by Gasteiger charge is 2.46. The second-order valence-electron chi connectivity index (χ2n) is 7.22. The number of ether oxygens (including phenoxy) is 2. The Kier molecular flexibility index (Phi) is 6.76. The van der Waals surface area contributed by atoms with Gasteiger partial charge in [-0.05, 0) is 42.1 Å². The maximum atomic E-state index is 13.3. The molecule has 1 atom stereocenters. The number of carbonyl (C=O) groups is 1. The Hall–Kier alpha value is -2.85. The number of nitrogens with zero attached hydrogens (tertiary/aromatic N) is 3. The molecule has 1 N–H and O–H groups in total. The minimum absolute atomic E-state index is 0.0981. The fraction of sp³-hybridized carbons (Fsp3) is 0.304. The molecule has 1 unspecified atom stereocenters. The third-order valence-electron chi connectivity index (χ3n) is 5.38. The summed E-state index contributed by atoms with van der Waals surface area (Å²) < 4.78 is 13.6. The Balaban J connectivity index is 2.09. The standard InChI is InChI=1S/C23H23BrN4O4S/c1-5-19(29)27-16-10-8-7-9-13(16)20-21(30)25-23(33-4)26-28(20)22(27)14-11-18(32-6-2)17(31-3)12-15(14)24/h7-12,22H,5-6H2,1-4H3/p+1. The molecule has 2 aromatic carbocycles. The van der Waals surface area contributed by atoms with Gasteiger partial charge in [0.1, 0.15) is 0 Å². The fourth-order valence-corrected chi connectivity index (χ4v) is 4.85. The highest BCUT2D eigenvalue weighted by molar-refractivity contribution is 9.10. The van der Waals surface area contributed by atoms with Gasteiger partial charge in [0.2, 0.25) is 11.1 Å². The number of fused-ring (bicyclic) bond motifs is 3. The smallest absolute Gasteiger partial charge is 0.325 e. The van der Waals surface area contributed by atoms with Crippen molar-refractivity contribution >= 4 is 39.3 Å². The van der Waals surface area contributed by atoms with Crippen LogP contribution in [0, 0.1) is 0 Å². The van der Waals surface area contributed by atoms with E-state index in [-0.39, 0.29) is 17.9 Å². The first-order valence-electron chi connectivity index (χ1n) is 10.5. The quantitative estimate of drug-likeness (QED) is 0.383. The molecular formula is C23H24BrN4O4S+. The van der Waals surface area contributed by atoms with Crippen LogP contribution < -0.4 is 24.6 Å². The van der Waals surface area contributed by atoms with Crippen molar-refractivity contribution in [1.82, 2.24) is 10.1 Å². The Morgan fingerprint density at radius 1 is 1.27 bits per heavy atom. The summed E-state index contributed by atoms with van der Waals surface area (Å²) in [7, 11) is 1.57. The van der Waals surface area contributed by atoms with E-state index in [0.29, 0.717) is 50.2 Å². The maximum absolute atomic E-state index is 13.3. The van der Waals surface area contributed by atoms with Crippen molar-refractivity contribution in [2.75, 3.05) is 24.9 Å². The van der Waals surface area contributed by atoms with Gasteiger partial charge in [-0.15, -0.1) is 0 Å². The van der Waals surface area contributed by atoms with Crippen LogP contribution in [0.3, 0.4) is 0 Å². The molecule has 0 spiro atoms. The number of thioether (sulfide) groups is 1. The molecular weight excluding hydrogens is 508 g/mol. The molecule has 0 radical (unpaired) electrons. The third-order valence-corrected chi connectivity index (χ3v) is 6.64. The lowest BCUT2D eigenvalue weighted by atomic mass is 10.0. The number of hydrogen-bond acceptors (Lipinski definition) is 6. The van der Waals surface area contributed by atoms with E-state index >= 15 is 0 Å². The van der Waals surface area contributed by atoms with E-state index in [1.807, 2.05) is 50.4 Å². The molecule has 4 rings (SSSR count). The number of carbonyl (C=O) groups excluding carboxylic acids is 1. The van der Waals surface area contributed by atoms with Crippen LogP contribution in [0.4, 0.5) is 5.69 Å². The van der Waals surface area contributed by atoms with Gasteiger partial charge in [-0.1, -0.05) is 46.7 Å². The molecule has 172 valence electrons. The number of rotatable bonds is 6. The van der Waals surface area contributed by atoms with E-state index in [1.54, 1.807) is 22.8 Å². The highest BCUT2D eigenvalue weighted by Crippen LogP contribution is 2.42. The lowest BCUT2D eigenvalue weighted by Gasteiger charge is -2.32. The van der Waals surface area contributed by atoms with Gasteiger partial charge in [-0.3, -0.25) is 14.6 Å². The van der Waals surface area contributed by atoms with E-state index in [9.17, 15) is 9.59 Å². The number of H-pyrrole nitrogens is 1. The van der Waals surface area contributed by atoms with Crippen molar-refractivity contribution in [3.8, 4) is 22.8 Å². The molecule has 0 aliphatic carbocycles. The van der Waals surface area contributed by atoms with E-state index in [1.165, 1.54) is 11.8 Å². The van der Waals surface area contributed by atoms with Gasteiger partial charge >= 0.3 is 11.3 Å². The summed E-state index contributed by atoms with van der Waals surface area (Å²) in [6.45, 7) is 4.15. The molecule has 1 aliphatic rings. The molecule has 1 aromatic heterocycles. The number of para-hydroxylation sites is 1. The molecule has 0 bridgehead atoms. The average Bonchev–Trinajstić information content (AvgIpc) is 2.83. The Morgan fingerprint density at radius 3 is 2.70 bits per heavy atom. The highest BCUT2D eigenvalue weighted by atomic mass is 79.9. The summed E-state index contributed by atoms with van der Waals surface area (Å²) in [6.07, 6.45) is 1.41. The van der Waals surface area contributed by atoms with Gasteiger partial charge in [0.15, 0.2) is 11.5 Å². The van der Waals surface area contributed by atoms with Crippen LogP contribution in [0.15, 0.2) is 50.8 Å². The topological polar surface area (TPSA) is 88.4 Å². The van der Waals surface area contributed by atoms with E-state index < -0.39 is 6.17 Å². The molecule has 0 saturated heterocycles. The Morgan fingerprint density at radius 2 is 2.03 bits per heavy atom. The monoisotopic (exact) mass is 531 g/mol. The van der Waals surface area contributed by atoms with Crippen molar-refractivity contribution in [3.05, 3.63) is 56.8 Å². The first-order chi connectivity index (χ1) is 15.9. The minimum atomic E-state index is -0.713. The van der Waals surface area contributed by atoms with Crippen molar-refractivity contribution < 1.29 is 19.0 Å². The second-order valence-corrected chi connectivity index (χ2v) is 8.87. The minimum Gasteiger partial charge on any atom is -0.493 e. The predicted molar refractivity (Wildman–Crippen MR) is 130 cm³/mol. The summed E-state index contributed by atoms with van der Waals surface area (Å²) in [5.41, 5.74) is 2.12. The zero-order chi connectivity index (χ0) is 23.7. The van der Waals surface area contributed by atoms with Crippen molar-refractivity contribution in [1.29, 1.82) is 0 Å². The normalized spacial score (nSPS) is 14.5. The van der Waals surface area contributed by atoms with Crippen LogP contribution in [0.1, 0.15) is 32.0 Å². The van der Waals surface area contributed by atoms with Gasteiger partial charge in [0.25, 0.3) is 6.17 Å². The van der Waals surface area contributed by atoms with Crippen LogP contribution in [0.5, 0.6) is 11.5 Å². The second kappa shape index (κ2) is 9.56. The van der Waals surface area contributed by atoms with Crippen LogP contribution in [0.2, 0.25) is 0 Å². The number of amides is 1. The molecule has 0 fully saturated rings. The zero-order valence-electron chi connectivity index (χ0n) is 18.7. The van der Waals surface area contributed by atoms with Crippen LogP contribution >= 0.6 is 27.7 Å². The number of aromatic nitrogens is 3. The van der Waals surface area contributed by atoms with Crippen molar-refractivity contribution in [3.63, 3.8) is 0 Å². The number of anilines is 1. The molecule has 0 saturated carbocycles.